The molecule has 1 aliphatic carbocycles. The van der Waals surface area contributed by atoms with E-state index >= 15 is 0 Å². The number of rotatable bonds is 1. The van der Waals surface area contributed by atoms with Crippen LogP contribution in [0, 0.1) is 11.8 Å². The highest BCUT2D eigenvalue weighted by Crippen LogP contribution is 2.37. The molecule has 3 rings (SSSR count). The Hall–Kier alpha value is -0.680. The minimum Gasteiger partial charge on any atom is -0.346 e. The number of fused-ring (bicyclic) bond motifs is 1. The molecule has 3 unspecified atom stereocenters. The van der Waals surface area contributed by atoms with Crippen LogP contribution in [0.4, 0.5) is 5.13 Å². The predicted molar refractivity (Wildman–Crippen MR) is 60.9 cm³/mol. The minimum absolute atomic E-state index is 0.404. The van der Waals surface area contributed by atoms with Gasteiger partial charge >= 0.3 is 0 Å². The van der Waals surface area contributed by atoms with Crippen molar-refractivity contribution in [1.29, 1.82) is 0 Å². The number of hydrogen-bond donors (Lipinski definition) is 1. The van der Waals surface area contributed by atoms with Crippen molar-refractivity contribution >= 4 is 16.7 Å². The molecule has 2 N–H and O–H groups in total. The van der Waals surface area contributed by atoms with Gasteiger partial charge in [0.05, 0.1) is 0 Å². The van der Waals surface area contributed by atoms with Crippen molar-refractivity contribution in [1.82, 2.24) is 9.36 Å². The first-order valence-corrected chi connectivity index (χ1v) is 6.39. The molecule has 3 atom stereocenters. The fraction of sp³-hybridized carbons (Fsp3) is 0.800. The number of nitrogens with zero attached hydrogens (tertiary/aromatic N) is 3. The number of anilines is 1. The van der Waals surface area contributed by atoms with Crippen molar-refractivity contribution in [2.75, 3.05) is 18.0 Å². The molecule has 82 valence electrons. The van der Waals surface area contributed by atoms with Crippen LogP contribution >= 0.6 is 11.5 Å². The van der Waals surface area contributed by atoms with Crippen LogP contribution < -0.4 is 10.6 Å². The Morgan fingerprint density at radius 2 is 2.33 bits per heavy atom. The molecule has 0 radical (unpaired) electrons. The molecule has 5 heteroatoms. The normalized spacial score (nSPS) is 35.5. The van der Waals surface area contributed by atoms with Gasteiger partial charge in [-0.25, -0.2) is 4.98 Å². The Morgan fingerprint density at radius 3 is 3.07 bits per heavy atom. The highest BCUT2D eigenvalue weighted by Gasteiger charge is 2.39. The molecule has 1 aromatic rings. The van der Waals surface area contributed by atoms with Crippen molar-refractivity contribution in [2.24, 2.45) is 17.6 Å². The average molecular weight is 224 g/mol. The van der Waals surface area contributed by atoms with Crippen molar-refractivity contribution < 1.29 is 0 Å². The van der Waals surface area contributed by atoms with E-state index in [2.05, 4.69) is 14.3 Å². The first kappa shape index (κ1) is 9.54. The van der Waals surface area contributed by atoms with Crippen molar-refractivity contribution in [2.45, 2.75) is 25.3 Å². The number of aromatic nitrogens is 2. The molecule has 0 amide bonds. The second-order valence-corrected chi connectivity index (χ2v) is 5.41. The SMILES string of the molecule is NC1CCCC2CN(c3ncns3)CC12. The molecule has 2 aliphatic rings. The van der Waals surface area contributed by atoms with Gasteiger partial charge in [0.25, 0.3) is 0 Å². The summed E-state index contributed by atoms with van der Waals surface area (Å²) in [4.78, 5) is 6.63. The predicted octanol–water partition coefficient (Wildman–Crippen LogP) is 1.10. The van der Waals surface area contributed by atoms with E-state index in [-0.39, 0.29) is 0 Å². The summed E-state index contributed by atoms with van der Waals surface area (Å²) in [6.45, 7) is 2.22. The fourth-order valence-electron chi connectivity index (χ4n) is 2.98. The number of nitrogens with two attached hydrogens (primary N) is 1. The maximum Gasteiger partial charge on any atom is 0.204 e. The Bertz CT molecular complexity index is 326. The Labute approximate surface area is 93.7 Å². The van der Waals surface area contributed by atoms with Crippen molar-refractivity contribution in [3.63, 3.8) is 0 Å². The second-order valence-electron chi connectivity index (χ2n) is 4.65. The lowest BCUT2D eigenvalue weighted by atomic mass is 9.78. The molecular weight excluding hydrogens is 208 g/mol. The summed E-state index contributed by atoms with van der Waals surface area (Å²) in [6, 6.07) is 0.404. The van der Waals surface area contributed by atoms with E-state index in [1.807, 2.05) is 0 Å². The molecule has 4 nitrogen and oxygen atoms in total. The van der Waals surface area contributed by atoms with Crippen molar-refractivity contribution in [3.8, 4) is 0 Å². The van der Waals surface area contributed by atoms with Crippen LogP contribution in [0.2, 0.25) is 0 Å². The first-order chi connectivity index (χ1) is 7.34. The topological polar surface area (TPSA) is 55.0 Å². The van der Waals surface area contributed by atoms with Gasteiger partial charge in [0.15, 0.2) is 0 Å². The summed E-state index contributed by atoms with van der Waals surface area (Å²) in [5.41, 5.74) is 6.18. The molecule has 1 saturated carbocycles. The van der Waals surface area contributed by atoms with Gasteiger partial charge in [-0.2, -0.15) is 4.37 Å². The molecule has 0 aromatic carbocycles. The quantitative estimate of drug-likeness (QED) is 0.776. The third-order valence-electron chi connectivity index (χ3n) is 3.77. The zero-order valence-corrected chi connectivity index (χ0v) is 9.49. The third-order valence-corrected chi connectivity index (χ3v) is 4.50. The van der Waals surface area contributed by atoms with Gasteiger partial charge in [0.1, 0.15) is 6.33 Å². The molecular formula is C10H16N4S. The molecule has 2 heterocycles. The van der Waals surface area contributed by atoms with Crippen LogP contribution in [0.3, 0.4) is 0 Å². The zero-order chi connectivity index (χ0) is 10.3. The maximum absolute atomic E-state index is 6.18. The van der Waals surface area contributed by atoms with Crippen molar-refractivity contribution in [3.05, 3.63) is 6.33 Å². The number of hydrogen-bond acceptors (Lipinski definition) is 5. The average Bonchev–Trinajstić information content (AvgIpc) is 2.86. The summed E-state index contributed by atoms with van der Waals surface area (Å²) in [5.74, 6) is 1.47. The summed E-state index contributed by atoms with van der Waals surface area (Å²) in [7, 11) is 0. The maximum atomic E-state index is 6.18. The Morgan fingerprint density at radius 1 is 1.40 bits per heavy atom. The zero-order valence-electron chi connectivity index (χ0n) is 8.67. The highest BCUT2D eigenvalue weighted by molar-refractivity contribution is 7.09. The van der Waals surface area contributed by atoms with E-state index in [0.717, 1.165) is 24.1 Å². The smallest absolute Gasteiger partial charge is 0.204 e. The van der Waals surface area contributed by atoms with Gasteiger partial charge in [-0.05, 0) is 24.7 Å². The lowest BCUT2D eigenvalue weighted by Crippen LogP contribution is -2.38. The Kier molecular flexibility index (Phi) is 2.36. The molecule has 0 spiro atoms. The molecule has 1 saturated heterocycles. The van der Waals surface area contributed by atoms with E-state index in [0.29, 0.717) is 12.0 Å². The van der Waals surface area contributed by atoms with E-state index in [9.17, 15) is 0 Å². The summed E-state index contributed by atoms with van der Waals surface area (Å²) >= 11 is 1.49. The fourth-order valence-corrected chi connectivity index (χ4v) is 3.53. The van der Waals surface area contributed by atoms with E-state index in [1.54, 1.807) is 6.33 Å². The Balaban J connectivity index is 1.76. The summed E-state index contributed by atoms with van der Waals surface area (Å²) in [5, 5.41) is 1.07. The highest BCUT2D eigenvalue weighted by atomic mass is 32.1. The largest absolute Gasteiger partial charge is 0.346 e. The van der Waals surface area contributed by atoms with Crippen LogP contribution in [-0.4, -0.2) is 28.5 Å². The molecule has 15 heavy (non-hydrogen) atoms. The molecule has 2 fully saturated rings. The standard InChI is InChI=1S/C10H16N4S/c11-9-3-1-2-7-4-14(5-8(7)9)10-12-6-13-15-10/h6-9H,1-5,11H2. The third kappa shape index (κ3) is 1.63. The van der Waals surface area contributed by atoms with Gasteiger partial charge < -0.3 is 10.6 Å². The molecule has 0 bridgehead atoms. The van der Waals surface area contributed by atoms with Gasteiger partial charge in [0, 0.05) is 30.7 Å². The lowest BCUT2D eigenvalue weighted by Gasteiger charge is -2.29. The van der Waals surface area contributed by atoms with Gasteiger partial charge in [-0.3, -0.25) is 0 Å². The molecule has 1 aromatic heterocycles. The molecule has 1 aliphatic heterocycles. The van der Waals surface area contributed by atoms with Crippen LogP contribution in [0.1, 0.15) is 19.3 Å². The summed E-state index contributed by atoms with van der Waals surface area (Å²) < 4.78 is 4.06. The second kappa shape index (κ2) is 3.72. The van der Waals surface area contributed by atoms with Crippen LogP contribution in [-0.2, 0) is 0 Å². The first-order valence-electron chi connectivity index (χ1n) is 5.62. The van der Waals surface area contributed by atoms with E-state index in [1.165, 1.54) is 30.8 Å². The van der Waals surface area contributed by atoms with Crippen LogP contribution in [0.15, 0.2) is 6.33 Å². The van der Waals surface area contributed by atoms with Crippen LogP contribution in [0.25, 0.3) is 0 Å². The lowest BCUT2D eigenvalue weighted by molar-refractivity contribution is 0.260. The van der Waals surface area contributed by atoms with Gasteiger partial charge in [-0.15, -0.1) is 0 Å². The van der Waals surface area contributed by atoms with Crippen LogP contribution in [0.5, 0.6) is 0 Å². The van der Waals surface area contributed by atoms with Gasteiger partial charge in [-0.1, -0.05) is 6.42 Å². The minimum atomic E-state index is 0.404. The van der Waals surface area contributed by atoms with Gasteiger partial charge in [0.2, 0.25) is 5.13 Å². The van der Waals surface area contributed by atoms with E-state index < -0.39 is 0 Å². The summed E-state index contributed by atoms with van der Waals surface area (Å²) in [6.07, 6.45) is 5.48. The van der Waals surface area contributed by atoms with E-state index in [4.69, 9.17) is 5.73 Å². The monoisotopic (exact) mass is 224 g/mol.